The molecule has 1 aromatic carbocycles. The predicted molar refractivity (Wildman–Crippen MR) is 87.7 cm³/mol. The van der Waals surface area contributed by atoms with Gasteiger partial charge in [0, 0.05) is 33.3 Å². The highest BCUT2D eigenvalue weighted by molar-refractivity contribution is 5.77. The minimum Gasteiger partial charge on any atom is -0.383 e. The molecular formula is C16H26N4O2. The van der Waals surface area contributed by atoms with Crippen molar-refractivity contribution in [3.63, 3.8) is 0 Å². The van der Waals surface area contributed by atoms with Crippen LogP contribution in [0, 0.1) is 0 Å². The monoisotopic (exact) mass is 306 g/mol. The molecule has 22 heavy (non-hydrogen) atoms. The summed E-state index contributed by atoms with van der Waals surface area (Å²) in [5, 5.41) is 3.03. The van der Waals surface area contributed by atoms with E-state index < -0.39 is 0 Å². The smallest absolute Gasteiger partial charge is 0.188 e. The number of benzene rings is 1. The van der Waals surface area contributed by atoms with Gasteiger partial charge >= 0.3 is 0 Å². The Balaban J connectivity index is 1.91. The molecule has 3 N–H and O–H groups in total. The molecule has 6 heteroatoms. The molecular weight excluding hydrogens is 280 g/mol. The Morgan fingerprint density at radius 1 is 1.32 bits per heavy atom. The van der Waals surface area contributed by atoms with Crippen molar-refractivity contribution >= 4 is 5.96 Å². The number of aliphatic imine (C=N–C) groups is 1. The van der Waals surface area contributed by atoms with Crippen molar-refractivity contribution in [3.05, 3.63) is 35.4 Å². The molecule has 1 aliphatic heterocycles. The van der Waals surface area contributed by atoms with Crippen LogP contribution in [0.2, 0.25) is 0 Å². The summed E-state index contributed by atoms with van der Waals surface area (Å²) < 4.78 is 10.4. The summed E-state index contributed by atoms with van der Waals surface area (Å²) in [6.45, 7) is 6.41. The van der Waals surface area contributed by atoms with E-state index in [1.54, 1.807) is 7.11 Å². The number of rotatable bonds is 7. The van der Waals surface area contributed by atoms with Crippen LogP contribution in [-0.4, -0.2) is 57.4 Å². The third kappa shape index (κ3) is 5.63. The van der Waals surface area contributed by atoms with Gasteiger partial charge < -0.3 is 20.5 Å². The largest absolute Gasteiger partial charge is 0.383 e. The second-order valence-electron chi connectivity index (χ2n) is 5.28. The second kappa shape index (κ2) is 9.40. The zero-order valence-electron chi connectivity index (χ0n) is 13.3. The zero-order chi connectivity index (χ0) is 15.6. The maximum Gasteiger partial charge on any atom is 0.188 e. The van der Waals surface area contributed by atoms with Crippen LogP contribution in [0.25, 0.3) is 0 Å². The van der Waals surface area contributed by atoms with Gasteiger partial charge in [-0.05, 0) is 11.1 Å². The van der Waals surface area contributed by atoms with E-state index in [9.17, 15) is 0 Å². The lowest BCUT2D eigenvalue weighted by Crippen LogP contribution is -2.36. The fourth-order valence-corrected chi connectivity index (χ4v) is 2.37. The van der Waals surface area contributed by atoms with Crippen LogP contribution in [0.4, 0.5) is 0 Å². The van der Waals surface area contributed by atoms with Gasteiger partial charge in [-0.1, -0.05) is 24.3 Å². The van der Waals surface area contributed by atoms with Gasteiger partial charge in [-0.2, -0.15) is 0 Å². The van der Waals surface area contributed by atoms with Gasteiger partial charge in [0.25, 0.3) is 0 Å². The maximum atomic E-state index is 5.85. The van der Waals surface area contributed by atoms with Crippen LogP contribution in [0.5, 0.6) is 0 Å². The number of hydrogen-bond acceptors (Lipinski definition) is 4. The minimum atomic E-state index is 0.457. The molecule has 1 heterocycles. The first-order valence-electron chi connectivity index (χ1n) is 7.69. The number of guanidine groups is 1. The SMILES string of the molecule is COCCNC(N)=NCc1ccccc1CN1CCOCC1. The quantitative estimate of drug-likeness (QED) is 0.438. The molecule has 0 bridgehead atoms. The Bertz CT molecular complexity index is 473. The Hall–Kier alpha value is -1.63. The predicted octanol–water partition coefficient (Wildman–Crippen LogP) is 0.570. The number of nitrogens with zero attached hydrogens (tertiary/aromatic N) is 2. The molecule has 1 aliphatic rings. The number of ether oxygens (including phenoxy) is 2. The molecule has 2 rings (SSSR count). The average Bonchev–Trinajstić information content (AvgIpc) is 2.55. The van der Waals surface area contributed by atoms with Gasteiger partial charge in [0.15, 0.2) is 5.96 Å². The van der Waals surface area contributed by atoms with Crippen LogP contribution in [0.3, 0.4) is 0 Å². The van der Waals surface area contributed by atoms with Crippen molar-refractivity contribution in [2.24, 2.45) is 10.7 Å². The third-order valence-electron chi connectivity index (χ3n) is 3.65. The van der Waals surface area contributed by atoms with Crippen molar-refractivity contribution in [3.8, 4) is 0 Å². The van der Waals surface area contributed by atoms with Gasteiger partial charge in [-0.3, -0.25) is 4.90 Å². The summed E-state index contributed by atoms with van der Waals surface area (Å²) in [4.78, 5) is 6.81. The van der Waals surface area contributed by atoms with Crippen LogP contribution >= 0.6 is 0 Å². The minimum absolute atomic E-state index is 0.457. The molecule has 0 radical (unpaired) electrons. The highest BCUT2D eigenvalue weighted by atomic mass is 16.5. The molecule has 0 saturated carbocycles. The summed E-state index contributed by atoms with van der Waals surface area (Å²) in [6.07, 6.45) is 0. The van der Waals surface area contributed by atoms with Crippen molar-refractivity contribution in [1.29, 1.82) is 0 Å². The van der Waals surface area contributed by atoms with Crippen molar-refractivity contribution < 1.29 is 9.47 Å². The van der Waals surface area contributed by atoms with Crippen LogP contribution in [-0.2, 0) is 22.6 Å². The van der Waals surface area contributed by atoms with E-state index in [-0.39, 0.29) is 0 Å². The Labute approximate surface area is 132 Å². The molecule has 1 aromatic rings. The molecule has 0 aromatic heterocycles. The lowest BCUT2D eigenvalue weighted by molar-refractivity contribution is 0.0341. The molecule has 1 saturated heterocycles. The first kappa shape index (κ1) is 16.7. The number of hydrogen-bond donors (Lipinski definition) is 2. The van der Waals surface area contributed by atoms with Gasteiger partial charge in [0.1, 0.15) is 0 Å². The molecule has 1 fully saturated rings. The summed E-state index contributed by atoms with van der Waals surface area (Å²) >= 11 is 0. The van der Waals surface area contributed by atoms with Crippen LogP contribution < -0.4 is 11.1 Å². The first-order chi connectivity index (χ1) is 10.8. The summed E-state index contributed by atoms with van der Waals surface area (Å²) in [7, 11) is 1.66. The van der Waals surface area contributed by atoms with E-state index in [0.717, 1.165) is 32.8 Å². The fraction of sp³-hybridized carbons (Fsp3) is 0.562. The van der Waals surface area contributed by atoms with E-state index in [4.69, 9.17) is 15.2 Å². The highest BCUT2D eigenvalue weighted by Gasteiger charge is 2.12. The number of morpholine rings is 1. The Kier molecular flexibility index (Phi) is 7.15. The van der Waals surface area contributed by atoms with Gasteiger partial charge in [-0.25, -0.2) is 4.99 Å². The molecule has 6 nitrogen and oxygen atoms in total. The fourth-order valence-electron chi connectivity index (χ4n) is 2.37. The summed E-state index contributed by atoms with van der Waals surface area (Å²) in [6, 6.07) is 8.39. The van der Waals surface area contributed by atoms with Crippen molar-refractivity contribution in [2.75, 3.05) is 46.6 Å². The lowest BCUT2D eigenvalue weighted by atomic mass is 10.1. The number of methoxy groups -OCH3 is 1. The third-order valence-corrected chi connectivity index (χ3v) is 3.65. The molecule has 0 amide bonds. The van der Waals surface area contributed by atoms with Crippen molar-refractivity contribution in [1.82, 2.24) is 10.2 Å². The standard InChI is InChI=1S/C16H26N4O2/c1-21-9-6-18-16(17)19-12-14-4-2-3-5-15(14)13-20-7-10-22-11-8-20/h2-5H,6-13H2,1H3,(H3,17,18,19). The van der Waals surface area contributed by atoms with Crippen LogP contribution in [0.1, 0.15) is 11.1 Å². The number of nitrogens with one attached hydrogen (secondary N) is 1. The first-order valence-corrected chi connectivity index (χ1v) is 7.69. The normalized spacial score (nSPS) is 16.7. The van der Waals surface area contributed by atoms with Gasteiger partial charge in [0.2, 0.25) is 0 Å². The van der Waals surface area contributed by atoms with E-state index >= 15 is 0 Å². The van der Waals surface area contributed by atoms with E-state index in [1.165, 1.54) is 11.1 Å². The van der Waals surface area contributed by atoms with Crippen LogP contribution in [0.15, 0.2) is 29.3 Å². The van der Waals surface area contributed by atoms with E-state index in [1.807, 2.05) is 6.07 Å². The molecule has 0 spiro atoms. The second-order valence-corrected chi connectivity index (χ2v) is 5.28. The van der Waals surface area contributed by atoms with Crippen molar-refractivity contribution in [2.45, 2.75) is 13.1 Å². The molecule has 0 atom stereocenters. The van der Waals surface area contributed by atoms with Gasteiger partial charge in [-0.15, -0.1) is 0 Å². The highest BCUT2D eigenvalue weighted by Crippen LogP contribution is 2.14. The Morgan fingerprint density at radius 2 is 2.05 bits per heavy atom. The maximum absolute atomic E-state index is 5.85. The number of nitrogens with two attached hydrogens (primary N) is 1. The topological polar surface area (TPSA) is 72.1 Å². The van der Waals surface area contributed by atoms with E-state index in [2.05, 4.69) is 33.4 Å². The molecule has 122 valence electrons. The molecule has 0 unspecified atom stereocenters. The Morgan fingerprint density at radius 3 is 2.77 bits per heavy atom. The molecule has 0 aliphatic carbocycles. The van der Waals surface area contributed by atoms with E-state index in [0.29, 0.717) is 25.7 Å². The van der Waals surface area contributed by atoms with Gasteiger partial charge in [0.05, 0.1) is 26.4 Å². The lowest BCUT2D eigenvalue weighted by Gasteiger charge is -2.27. The average molecular weight is 306 g/mol. The summed E-state index contributed by atoms with van der Waals surface area (Å²) in [5.74, 6) is 0.457. The summed E-state index contributed by atoms with van der Waals surface area (Å²) in [5.41, 5.74) is 8.37. The zero-order valence-corrected chi connectivity index (χ0v) is 13.3.